The molecule has 1 heterocycles. The van der Waals surface area contributed by atoms with Crippen LogP contribution in [-0.2, 0) is 13.0 Å². The van der Waals surface area contributed by atoms with Crippen molar-refractivity contribution < 1.29 is 0 Å². The fraction of sp³-hybridized carbons (Fsp3) is 0.643. The molecule has 1 saturated heterocycles. The molecule has 1 aliphatic heterocycles. The monoisotopic (exact) mass is 395 g/mol. The molecule has 1 nitrogen and oxygen atoms in total. The molecule has 0 spiro atoms. The Hall–Kier alpha value is -1.34. The third kappa shape index (κ3) is 12.1. The van der Waals surface area contributed by atoms with Crippen LogP contribution >= 0.6 is 0 Å². The standard InChI is InChI=1S/C28H45N/c1-2-3-4-5-6-7-8-9-10-11-12-13-14-15-16-20-27-21-19-22-28(25-27)26-29-23-17-18-24-29/h6-9,19,21-22,25H,2-5,10-18,20,23-24,26H2,1H3/b7-6+,9-8+. The summed E-state index contributed by atoms with van der Waals surface area (Å²) in [6.45, 7) is 5.99. The molecule has 0 aromatic heterocycles. The average molecular weight is 396 g/mol. The second kappa shape index (κ2) is 16.5. The molecule has 1 aliphatic rings. The molecule has 2 rings (SSSR count). The van der Waals surface area contributed by atoms with E-state index in [4.69, 9.17) is 0 Å². The van der Waals surface area contributed by atoms with E-state index in [9.17, 15) is 0 Å². The topological polar surface area (TPSA) is 3.24 Å². The Morgan fingerprint density at radius 1 is 0.759 bits per heavy atom. The number of hydrogen-bond acceptors (Lipinski definition) is 1. The molecule has 1 heteroatoms. The summed E-state index contributed by atoms with van der Waals surface area (Å²) >= 11 is 0. The molecule has 1 fully saturated rings. The van der Waals surface area contributed by atoms with E-state index in [0.29, 0.717) is 0 Å². The van der Waals surface area contributed by atoms with Gasteiger partial charge in [-0.2, -0.15) is 0 Å². The van der Waals surface area contributed by atoms with Crippen LogP contribution in [0.1, 0.15) is 102 Å². The van der Waals surface area contributed by atoms with Gasteiger partial charge in [0.1, 0.15) is 0 Å². The minimum Gasteiger partial charge on any atom is -0.299 e. The lowest BCUT2D eigenvalue weighted by atomic mass is 10.0. The smallest absolute Gasteiger partial charge is 0.0233 e. The van der Waals surface area contributed by atoms with Crippen molar-refractivity contribution in [2.45, 2.75) is 103 Å². The molecular weight excluding hydrogens is 350 g/mol. The highest BCUT2D eigenvalue weighted by Gasteiger charge is 2.11. The van der Waals surface area contributed by atoms with E-state index < -0.39 is 0 Å². The average Bonchev–Trinajstić information content (AvgIpc) is 3.24. The van der Waals surface area contributed by atoms with Crippen molar-refractivity contribution >= 4 is 0 Å². The van der Waals surface area contributed by atoms with Crippen LogP contribution in [0.2, 0.25) is 0 Å². The number of aryl methyl sites for hydroxylation is 1. The van der Waals surface area contributed by atoms with Gasteiger partial charge in [-0.3, -0.25) is 4.90 Å². The van der Waals surface area contributed by atoms with Crippen molar-refractivity contribution in [2.24, 2.45) is 0 Å². The van der Waals surface area contributed by atoms with E-state index in [2.05, 4.69) is 60.4 Å². The number of likely N-dealkylation sites (tertiary alicyclic amines) is 1. The normalized spacial score (nSPS) is 15.2. The van der Waals surface area contributed by atoms with Gasteiger partial charge < -0.3 is 0 Å². The van der Waals surface area contributed by atoms with Gasteiger partial charge in [-0.05, 0) is 75.6 Å². The van der Waals surface area contributed by atoms with Gasteiger partial charge >= 0.3 is 0 Å². The lowest BCUT2D eigenvalue weighted by Gasteiger charge is -2.15. The Morgan fingerprint density at radius 2 is 1.38 bits per heavy atom. The van der Waals surface area contributed by atoms with Gasteiger partial charge in [0.2, 0.25) is 0 Å². The molecule has 1 aromatic rings. The molecule has 29 heavy (non-hydrogen) atoms. The molecular formula is C28H45N. The lowest BCUT2D eigenvalue weighted by Crippen LogP contribution is -2.18. The van der Waals surface area contributed by atoms with Gasteiger partial charge in [0, 0.05) is 6.54 Å². The van der Waals surface area contributed by atoms with Crippen LogP contribution < -0.4 is 0 Å². The van der Waals surface area contributed by atoms with E-state index in [1.807, 2.05) is 0 Å². The van der Waals surface area contributed by atoms with Crippen molar-refractivity contribution in [3.05, 3.63) is 59.7 Å². The van der Waals surface area contributed by atoms with Gasteiger partial charge in [-0.25, -0.2) is 0 Å². The highest BCUT2D eigenvalue weighted by atomic mass is 15.1. The van der Waals surface area contributed by atoms with Crippen LogP contribution in [0.25, 0.3) is 0 Å². The van der Waals surface area contributed by atoms with Crippen molar-refractivity contribution in [2.75, 3.05) is 13.1 Å². The first-order valence-electron chi connectivity index (χ1n) is 12.5. The first-order chi connectivity index (χ1) is 14.4. The fourth-order valence-electron chi connectivity index (χ4n) is 4.24. The zero-order valence-corrected chi connectivity index (χ0v) is 19.1. The highest BCUT2D eigenvalue weighted by Crippen LogP contribution is 2.16. The summed E-state index contributed by atoms with van der Waals surface area (Å²) in [5, 5.41) is 0. The Labute approximate surface area is 181 Å². The molecule has 0 amide bonds. The second-order valence-electron chi connectivity index (χ2n) is 8.82. The molecule has 0 N–H and O–H groups in total. The van der Waals surface area contributed by atoms with Crippen molar-refractivity contribution in [3.8, 4) is 0 Å². The summed E-state index contributed by atoms with van der Waals surface area (Å²) < 4.78 is 0. The first-order valence-corrected chi connectivity index (χ1v) is 12.5. The van der Waals surface area contributed by atoms with Gasteiger partial charge in [0.25, 0.3) is 0 Å². The van der Waals surface area contributed by atoms with Crippen molar-refractivity contribution in [1.82, 2.24) is 4.90 Å². The first kappa shape index (κ1) is 23.9. The number of benzene rings is 1. The molecule has 0 unspecified atom stereocenters. The maximum absolute atomic E-state index is 2.60. The van der Waals surface area contributed by atoms with Gasteiger partial charge in [-0.1, -0.05) is 94.0 Å². The Kier molecular flexibility index (Phi) is 13.6. The third-order valence-electron chi connectivity index (χ3n) is 6.04. The second-order valence-corrected chi connectivity index (χ2v) is 8.82. The number of nitrogens with zero attached hydrogens (tertiary/aromatic N) is 1. The summed E-state index contributed by atoms with van der Waals surface area (Å²) in [6, 6.07) is 9.33. The van der Waals surface area contributed by atoms with Crippen LogP contribution in [0.4, 0.5) is 0 Å². The van der Waals surface area contributed by atoms with Crippen LogP contribution in [-0.4, -0.2) is 18.0 Å². The minimum absolute atomic E-state index is 1.15. The van der Waals surface area contributed by atoms with Gasteiger partial charge in [-0.15, -0.1) is 0 Å². The highest BCUT2D eigenvalue weighted by molar-refractivity contribution is 5.23. The van der Waals surface area contributed by atoms with E-state index in [1.54, 1.807) is 0 Å². The minimum atomic E-state index is 1.15. The number of allylic oxidation sites excluding steroid dienone is 4. The van der Waals surface area contributed by atoms with E-state index in [1.165, 1.54) is 114 Å². The molecule has 0 atom stereocenters. The van der Waals surface area contributed by atoms with Crippen LogP contribution in [0, 0.1) is 0 Å². The quantitative estimate of drug-likeness (QED) is 0.201. The zero-order chi connectivity index (χ0) is 20.4. The van der Waals surface area contributed by atoms with Crippen LogP contribution in [0.15, 0.2) is 48.6 Å². The Morgan fingerprint density at radius 3 is 2.10 bits per heavy atom. The fourth-order valence-corrected chi connectivity index (χ4v) is 4.24. The Bertz CT molecular complexity index is 565. The van der Waals surface area contributed by atoms with Crippen molar-refractivity contribution in [3.63, 3.8) is 0 Å². The Balaban J connectivity index is 1.43. The summed E-state index contributed by atoms with van der Waals surface area (Å²) in [5.41, 5.74) is 3.04. The lowest BCUT2D eigenvalue weighted by molar-refractivity contribution is 0.331. The summed E-state index contributed by atoms with van der Waals surface area (Å²) in [7, 11) is 0. The largest absolute Gasteiger partial charge is 0.299 e. The maximum Gasteiger partial charge on any atom is 0.0233 e. The number of hydrogen-bond donors (Lipinski definition) is 0. The maximum atomic E-state index is 2.60. The summed E-state index contributed by atoms with van der Waals surface area (Å²) in [6.07, 6.45) is 27.9. The molecule has 0 bridgehead atoms. The number of unbranched alkanes of at least 4 members (excludes halogenated alkanes) is 9. The van der Waals surface area contributed by atoms with E-state index in [-0.39, 0.29) is 0 Å². The van der Waals surface area contributed by atoms with Crippen LogP contribution in [0.5, 0.6) is 0 Å². The van der Waals surface area contributed by atoms with Gasteiger partial charge in [0.15, 0.2) is 0 Å². The van der Waals surface area contributed by atoms with Gasteiger partial charge in [0.05, 0.1) is 0 Å². The molecule has 1 aromatic carbocycles. The van der Waals surface area contributed by atoms with E-state index >= 15 is 0 Å². The zero-order valence-electron chi connectivity index (χ0n) is 19.1. The number of rotatable bonds is 16. The summed E-state index contributed by atoms with van der Waals surface area (Å²) in [5.74, 6) is 0. The molecule has 0 saturated carbocycles. The SMILES string of the molecule is CCCCC/C=C/C=C/CCCCCCCCc1cccc(CN2CCCC2)c1. The predicted octanol–water partition coefficient (Wildman–Crippen LogP) is 8.25. The van der Waals surface area contributed by atoms with Crippen LogP contribution in [0.3, 0.4) is 0 Å². The summed E-state index contributed by atoms with van der Waals surface area (Å²) in [4.78, 5) is 2.60. The van der Waals surface area contributed by atoms with Crippen molar-refractivity contribution in [1.29, 1.82) is 0 Å². The van der Waals surface area contributed by atoms with E-state index in [0.717, 1.165) is 6.54 Å². The third-order valence-corrected chi connectivity index (χ3v) is 6.04. The molecule has 162 valence electrons. The predicted molar refractivity (Wildman–Crippen MR) is 129 cm³/mol. The molecule has 0 radical (unpaired) electrons. The molecule has 0 aliphatic carbocycles.